The number of aromatic nitrogens is 2. The summed E-state index contributed by atoms with van der Waals surface area (Å²) in [5.74, 6) is 0.308. The van der Waals surface area contributed by atoms with E-state index < -0.39 is 11.8 Å². The molecule has 0 saturated carbocycles. The summed E-state index contributed by atoms with van der Waals surface area (Å²) in [5.41, 5.74) is 0.822. The molecule has 34 heavy (non-hydrogen) atoms. The molecule has 0 radical (unpaired) electrons. The van der Waals surface area contributed by atoms with Crippen molar-refractivity contribution in [2.24, 2.45) is 0 Å². The predicted molar refractivity (Wildman–Crippen MR) is 127 cm³/mol. The number of thiazole rings is 1. The van der Waals surface area contributed by atoms with Gasteiger partial charge in [0.25, 0.3) is 0 Å². The number of halogens is 1. The highest BCUT2D eigenvalue weighted by Gasteiger charge is 2.14. The standard InChI is InChI=1S/C23H18FN5O4S/c1-25-19-12-15-18(13-21(19)32-9-8-31-2)26-6-5-20(15)33-14-3-4-17(16(24)11-14)28-22(30)29-23-27-7-10-34-23/h3-7,10-13H,8-9H2,2H3,(H2,27,28,29,30). The number of nitrogens with one attached hydrogen (secondary N) is 2. The predicted octanol–water partition coefficient (Wildman–Crippen LogP) is 5.84. The van der Waals surface area contributed by atoms with Crippen molar-refractivity contribution in [3.8, 4) is 17.2 Å². The van der Waals surface area contributed by atoms with E-state index in [0.717, 1.165) is 6.07 Å². The van der Waals surface area contributed by atoms with Gasteiger partial charge >= 0.3 is 6.03 Å². The minimum Gasteiger partial charge on any atom is -0.502 e. The van der Waals surface area contributed by atoms with Crippen LogP contribution in [0.1, 0.15) is 0 Å². The van der Waals surface area contributed by atoms with Crippen LogP contribution in [0.5, 0.6) is 17.2 Å². The summed E-state index contributed by atoms with van der Waals surface area (Å²) in [5, 5.41) is 7.62. The number of pyridine rings is 1. The number of urea groups is 1. The highest BCUT2D eigenvalue weighted by molar-refractivity contribution is 7.13. The van der Waals surface area contributed by atoms with Gasteiger partial charge in [-0.3, -0.25) is 10.3 Å². The fraction of sp³-hybridized carbons (Fsp3) is 0.130. The molecule has 0 aliphatic heterocycles. The molecular formula is C23H18FN5O4S. The van der Waals surface area contributed by atoms with Crippen molar-refractivity contribution in [1.82, 2.24) is 9.97 Å². The lowest BCUT2D eigenvalue weighted by atomic mass is 10.1. The van der Waals surface area contributed by atoms with Gasteiger partial charge in [0, 0.05) is 36.3 Å². The topological polar surface area (TPSA) is 99.0 Å². The summed E-state index contributed by atoms with van der Waals surface area (Å²) in [4.78, 5) is 23.8. The fourth-order valence-electron chi connectivity index (χ4n) is 2.99. The molecule has 4 rings (SSSR count). The number of hydrogen-bond acceptors (Lipinski definition) is 7. The number of fused-ring (bicyclic) bond motifs is 1. The van der Waals surface area contributed by atoms with Crippen molar-refractivity contribution in [1.29, 1.82) is 0 Å². The first-order valence-electron chi connectivity index (χ1n) is 9.94. The number of carbonyl (C=O) groups excluding carboxylic acids is 1. The van der Waals surface area contributed by atoms with Gasteiger partial charge in [0.15, 0.2) is 5.13 Å². The van der Waals surface area contributed by atoms with Gasteiger partial charge in [-0.15, -0.1) is 11.3 Å². The molecule has 0 bridgehead atoms. The molecule has 0 aliphatic rings. The van der Waals surface area contributed by atoms with Crippen LogP contribution < -0.4 is 20.1 Å². The van der Waals surface area contributed by atoms with Crippen LogP contribution in [0.25, 0.3) is 15.7 Å². The van der Waals surface area contributed by atoms with Gasteiger partial charge in [0.2, 0.25) is 5.69 Å². The smallest absolute Gasteiger partial charge is 0.325 e. The Morgan fingerprint density at radius 3 is 2.74 bits per heavy atom. The number of amides is 2. The average Bonchev–Trinajstić information content (AvgIpc) is 3.33. The zero-order valence-corrected chi connectivity index (χ0v) is 18.7. The van der Waals surface area contributed by atoms with Crippen molar-refractivity contribution in [2.45, 2.75) is 0 Å². The maximum atomic E-state index is 14.6. The van der Waals surface area contributed by atoms with Gasteiger partial charge in [0.05, 0.1) is 24.4 Å². The first kappa shape index (κ1) is 22.9. The van der Waals surface area contributed by atoms with Gasteiger partial charge in [-0.2, -0.15) is 0 Å². The SMILES string of the molecule is [C-]#[N+]c1cc2c(Oc3ccc(NC(=O)Nc4nccs4)c(F)c3)ccnc2cc1OCCOC. The van der Waals surface area contributed by atoms with Crippen LogP contribution in [0.2, 0.25) is 0 Å². The van der Waals surface area contributed by atoms with Crippen molar-refractivity contribution in [2.75, 3.05) is 31.0 Å². The molecule has 0 saturated heterocycles. The Labute approximate surface area is 198 Å². The number of carbonyl (C=O) groups is 1. The number of hydrogen-bond donors (Lipinski definition) is 2. The molecule has 11 heteroatoms. The monoisotopic (exact) mass is 479 g/mol. The third-order valence-corrected chi connectivity index (χ3v) is 5.21. The molecule has 0 aliphatic carbocycles. The van der Waals surface area contributed by atoms with Crippen LogP contribution in [0.15, 0.2) is 54.2 Å². The van der Waals surface area contributed by atoms with E-state index in [1.54, 1.807) is 43.1 Å². The first-order chi connectivity index (χ1) is 16.6. The average molecular weight is 479 g/mol. The molecule has 0 spiro atoms. The second-order valence-corrected chi connectivity index (χ2v) is 7.65. The van der Waals surface area contributed by atoms with E-state index in [4.69, 9.17) is 20.8 Å². The largest absolute Gasteiger partial charge is 0.502 e. The maximum Gasteiger partial charge on any atom is 0.325 e. The molecular weight excluding hydrogens is 461 g/mol. The minimum absolute atomic E-state index is 0.0193. The Balaban J connectivity index is 1.53. The van der Waals surface area contributed by atoms with E-state index in [1.165, 1.54) is 23.5 Å². The van der Waals surface area contributed by atoms with Gasteiger partial charge in [-0.25, -0.2) is 19.0 Å². The van der Waals surface area contributed by atoms with E-state index in [2.05, 4.69) is 25.4 Å². The number of rotatable bonds is 8. The lowest BCUT2D eigenvalue weighted by molar-refractivity contribution is 0.147. The summed E-state index contributed by atoms with van der Waals surface area (Å²) >= 11 is 1.24. The second-order valence-electron chi connectivity index (χ2n) is 6.76. The van der Waals surface area contributed by atoms with Crippen LogP contribution >= 0.6 is 11.3 Å². The van der Waals surface area contributed by atoms with Gasteiger partial charge in [-0.1, -0.05) is 0 Å². The van der Waals surface area contributed by atoms with Crippen LogP contribution in [-0.2, 0) is 4.74 Å². The van der Waals surface area contributed by atoms with Crippen LogP contribution in [-0.4, -0.2) is 36.3 Å². The van der Waals surface area contributed by atoms with Crippen LogP contribution in [0.3, 0.4) is 0 Å². The lowest BCUT2D eigenvalue weighted by Crippen LogP contribution is -2.19. The number of benzene rings is 2. The zero-order valence-electron chi connectivity index (χ0n) is 17.9. The molecule has 4 aromatic rings. The number of anilines is 2. The summed E-state index contributed by atoms with van der Waals surface area (Å²) in [7, 11) is 1.56. The molecule has 2 aromatic carbocycles. The van der Waals surface area contributed by atoms with Crippen LogP contribution in [0, 0.1) is 12.4 Å². The van der Waals surface area contributed by atoms with Gasteiger partial charge < -0.3 is 19.5 Å². The van der Waals surface area contributed by atoms with Gasteiger partial charge in [-0.05, 0) is 30.3 Å². The molecule has 0 fully saturated rings. The molecule has 9 nitrogen and oxygen atoms in total. The Bertz CT molecular complexity index is 1360. The van der Waals surface area contributed by atoms with Crippen molar-refractivity contribution >= 4 is 44.8 Å². The van der Waals surface area contributed by atoms with E-state index >= 15 is 0 Å². The molecule has 2 heterocycles. The highest BCUT2D eigenvalue weighted by Crippen LogP contribution is 2.37. The van der Waals surface area contributed by atoms with Crippen molar-refractivity contribution in [3.05, 3.63) is 71.4 Å². The summed E-state index contributed by atoms with van der Waals surface area (Å²) in [6.07, 6.45) is 3.09. The number of methoxy groups -OCH3 is 1. The summed E-state index contributed by atoms with van der Waals surface area (Å²) in [6.45, 7) is 8.14. The van der Waals surface area contributed by atoms with E-state index in [9.17, 15) is 9.18 Å². The fourth-order valence-corrected chi connectivity index (χ4v) is 3.51. The second kappa shape index (κ2) is 10.6. The Kier molecular flexibility index (Phi) is 7.12. The maximum absolute atomic E-state index is 14.6. The molecule has 2 N–H and O–H groups in total. The van der Waals surface area contributed by atoms with E-state index in [1.807, 2.05) is 0 Å². The van der Waals surface area contributed by atoms with Crippen molar-refractivity contribution < 1.29 is 23.4 Å². The number of nitrogens with zero attached hydrogens (tertiary/aromatic N) is 3. The molecule has 2 aromatic heterocycles. The van der Waals surface area contributed by atoms with E-state index in [-0.39, 0.29) is 11.4 Å². The third kappa shape index (κ3) is 5.37. The Morgan fingerprint density at radius 1 is 1.12 bits per heavy atom. The zero-order chi connectivity index (χ0) is 23.9. The highest BCUT2D eigenvalue weighted by atomic mass is 32.1. The van der Waals surface area contributed by atoms with Gasteiger partial charge in [0.1, 0.15) is 29.7 Å². The summed E-state index contributed by atoms with van der Waals surface area (Å²) in [6, 6.07) is 8.34. The summed E-state index contributed by atoms with van der Waals surface area (Å²) < 4.78 is 31.1. The Hall–Kier alpha value is -4.27. The molecule has 0 unspecified atom stereocenters. The van der Waals surface area contributed by atoms with Crippen molar-refractivity contribution in [3.63, 3.8) is 0 Å². The quantitative estimate of drug-likeness (QED) is 0.243. The lowest BCUT2D eigenvalue weighted by Gasteiger charge is -2.13. The molecule has 172 valence electrons. The number of ether oxygens (including phenoxy) is 3. The first-order valence-corrected chi connectivity index (χ1v) is 10.8. The molecule has 2 amide bonds. The minimum atomic E-state index is -0.680. The molecule has 0 atom stereocenters. The normalized spacial score (nSPS) is 10.5. The Morgan fingerprint density at radius 2 is 2.00 bits per heavy atom. The third-order valence-electron chi connectivity index (χ3n) is 4.52. The van der Waals surface area contributed by atoms with E-state index in [0.29, 0.717) is 46.4 Å². The van der Waals surface area contributed by atoms with Crippen LogP contribution in [0.4, 0.5) is 25.7 Å².